The van der Waals surface area contributed by atoms with E-state index >= 15 is 0 Å². The molecule has 1 aromatic rings. The zero-order valence-corrected chi connectivity index (χ0v) is 8.30. The maximum absolute atomic E-state index is 10.9. The van der Waals surface area contributed by atoms with Crippen LogP contribution >= 0.6 is 0 Å². The SMILES string of the molecule is CCc1cc(S(N)(=O)=O)nc(C)n1. The Morgan fingerprint density at radius 2 is 2.08 bits per heavy atom. The lowest BCUT2D eigenvalue weighted by atomic mass is 10.3. The summed E-state index contributed by atoms with van der Waals surface area (Å²) in [5, 5.41) is 4.82. The Kier molecular flexibility index (Phi) is 2.63. The average Bonchev–Trinajstić information content (AvgIpc) is 2.01. The summed E-state index contributed by atoms with van der Waals surface area (Å²) in [6.45, 7) is 3.52. The Balaban J connectivity index is 3.33. The van der Waals surface area contributed by atoms with E-state index in [1.54, 1.807) is 6.92 Å². The van der Waals surface area contributed by atoms with Crippen molar-refractivity contribution in [1.82, 2.24) is 9.97 Å². The summed E-state index contributed by atoms with van der Waals surface area (Å²) in [7, 11) is -3.71. The summed E-state index contributed by atoms with van der Waals surface area (Å²) in [5.74, 6) is 0.420. The molecule has 6 heteroatoms. The minimum atomic E-state index is -3.71. The molecule has 0 atom stereocenters. The van der Waals surface area contributed by atoms with E-state index in [1.165, 1.54) is 6.07 Å². The van der Waals surface area contributed by atoms with Crippen LogP contribution in [0.15, 0.2) is 11.1 Å². The molecule has 0 bridgehead atoms. The van der Waals surface area contributed by atoms with Crippen molar-refractivity contribution in [2.45, 2.75) is 25.3 Å². The van der Waals surface area contributed by atoms with Crippen LogP contribution in [0.2, 0.25) is 0 Å². The van der Waals surface area contributed by atoms with Crippen molar-refractivity contribution in [2.75, 3.05) is 0 Å². The fourth-order valence-electron chi connectivity index (χ4n) is 0.926. The average molecular weight is 201 g/mol. The first-order valence-corrected chi connectivity index (χ1v) is 5.35. The maximum atomic E-state index is 10.9. The van der Waals surface area contributed by atoms with E-state index in [0.29, 0.717) is 17.9 Å². The smallest absolute Gasteiger partial charge is 0.238 e. The fraction of sp³-hybridized carbons (Fsp3) is 0.429. The molecule has 0 saturated heterocycles. The van der Waals surface area contributed by atoms with Gasteiger partial charge in [-0.3, -0.25) is 0 Å². The largest absolute Gasteiger partial charge is 0.255 e. The van der Waals surface area contributed by atoms with Gasteiger partial charge in [0.25, 0.3) is 10.0 Å². The van der Waals surface area contributed by atoms with Crippen LogP contribution in [0.3, 0.4) is 0 Å². The van der Waals surface area contributed by atoms with Crippen LogP contribution in [0.1, 0.15) is 18.4 Å². The van der Waals surface area contributed by atoms with Gasteiger partial charge in [0, 0.05) is 5.69 Å². The van der Waals surface area contributed by atoms with Crippen LogP contribution < -0.4 is 5.14 Å². The summed E-state index contributed by atoms with van der Waals surface area (Å²) >= 11 is 0. The van der Waals surface area contributed by atoms with Crippen LogP contribution in [0.4, 0.5) is 0 Å². The number of rotatable bonds is 2. The zero-order chi connectivity index (χ0) is 10.1. The highest BCUT2D eigenvalue weighted by Gasteiger charge is 2.11. The van der Waals surface area contributed by atoms with Gasteiger partial charge in [0.2, 0.25) is 0 Å². The molecule has 1 rings (SSSR count). The minimum Gasteiger partial charge on any atom is -0.238 e. The zero-order valence-electron chi connectivity index (χ0n) is 7.48. The number of hydrogen-bond donors (Lipinski definition) is 1. The number of nitrogens with zero attached hydrogens (tertiary/aromatic N) is 2. The first-order valence-electron chi connectivity index (χ1n) is 3.81. The van der Waals surface area contributed by atoms with Gasteiger partial charge in [-0.1, -0.05) is 6.92 Å². The van der Waals surface area contributed by atoms with Gasteiger partial charge in [-0.2, -0.15) is 0 Å². The Bertz CT molecular complexity index is 414. The van der Waals surface area contributed by atoms with Crippen molar-refractivity contribution < 1.29 is 8.42 Å². The molecule has 2 N–H and O–H groups in total. The number of hydrogen-bond acceptors (Lipinski definition) is 4. The number of primary sulfonamides is 1. The van der Waals surface area contributed by atoms with Crippen molar-refractivity contribution in [2.24, 2.45) is 5.14 Å². The highest BCUT2D eigenvalue weighted by molar-refractivity contribution is 7.89. The number of aromatic nitrogens is 2. The Hall–Kier alpha value is -1.01. The predicted octanol–water partition coefficient (Wildman–Crippen LogP) is -0.00518. The Labute approximate surface area is 77.1 Å². The molecule has 0 saturated carbocycles. The molecular formula is C7H11N3O2S. The van der Waals surface area contributed by atoms with Gasteiger partial charge in [-0.05, 0) is 19.4 Å². The first-order chi connectivity index (χ1) is 5.93. The minimum absolute atomic E-state index is 0.114. The van der Waals surface area contributed by atoms with Crippen molar-refractivity contribution in [3.63, 3.8) is 0 Å². The molecule has 0 radical (unpaired) electrons. The van der Waals surface area contributed by atoms with E-state index in [0.717, 1.165) is 0 Å². The molecule has 0 amide bonds. The highest BCUT2D eigenvalue weighted by atomic mass is 32.2. The molecule has 0 spiro atoms. The number of nitrogens with two attached hydrogens (primary N) is 1. The third-order valence-corrected chi connectivity index (χ3v) is 2.31. The second kappa shape index (κ2) is 3.39. The second-order valence-electron chi connectivity index (χ2n) is 2.64. The van der Waals surface area contributed by atoms with E-state index < -0.39 is 10.0 Å². The van der Waals surface area contributed by atoms with E-state index in [-0.39, 0.29) is 5.03 Å². The molecular weight excluding hydrogens is 190 g/mol. The Morgan fingerprint density at radius 3 is 2.54 bits per heavy atom. The van der Waals surface area contributed by atoms with Gasteiger partial charge in [-0.25, -0.2) is 23.5 Å². The van der Waals surface area contributed by atoms with Gasteiger partial charge >= 0.3 is 0 Å². The van der Waals surface area contributed by atoms with Crippen molar-refractivity contribution in [3.05, 3.63) is 17.6 Å². The van der Waals surface area contributed by atoms with Crippen LogP contribution in [0.25, 0.3) is 0 Å². The van der Waals surface area contributed by atoms with Crippen LogP contribution in [-0.2, 0) is 16.4 Å². The summed E-state index contributed by atoms with van der Waals surface area (Å²) in [6, 6.07) is 1.39. The molecule has 0 unspecified atom stereocenters. The van der Waals surface area contributed by atoms with E-state index in [1.807, 2.05) is 6.92 Å². The molecule has 0 aromatic carbocycles. The standard InChI is InChI=1S/C7H11N3O2S/c1-3-6-4-7(13(8,11)12)10-5(2)9-6/h4H,3H2,1-2H3,(H2,8,11,12). The molecule has 1 aromatic heterocycles. The van der Waals surface area contributed by atoms with E-state index in [4.69, 9.17) is 5.14 Å². The molecule has 72 valence electrons. The summed E-state index contributed by atoms with van der Waals surface area (Å²) in [5.41, 5.74) is 0.677. The fourth-order valence-corrected chi connectivity index (χ4v) is 1.49. The number of aryl methyl sites for hydroxylation is 2. The highest BCUT2D eigenvalue weighted by Crippen LogP contribution is 2.06. The van der Waals surface area contributed by atoms with Crippen LogP contribution in [0, 0.1) is 6.92 Å². The lowest BCUT2D eigenvalue weighted by molar-refractivity contribution is 0.592. The second-order valence-corrected chi connectivity index (χ2v) is 4.15. The van der Waals surface area contributed by atoms with Crippen molar-refractivity contribution in [3.8, 4) is 0 Å². The third kappa shape index (κ3) is 2.46. The summed E-state index contributed by atoms with van der Waals surface area (Å²) in [4.78, 5) is 7.76. The molecule has 0 aliphatic heterocycles. The van der Waals surface area contributed by atoms with E-state index in [2.05, 4.69) is 9.97 Å². The third-order valence-electron chi connectivity index (χ3n) is 1.52. The topological polar surface area (TPSA) is 85.9 Å². The van der Waals surface area contributed by atoms with Crippen molar-refractivity contribution >= 4 is 10.0 Å². The van der Waals surface area contributed by atoms with Crippen molar-refractivity contribution in [1.29, 1.82) is 0 Å². The lowest BCUT2D eigenvalue weighted by Gasteiger charge is -2.01. The monoisotopic (exact) mass is 201 g/mol. The van der Waals surface area contributed by atoms with Crippen LogP contribution in [0.5, 0.6) is 0 Å². The number of sulfonamides is 1. The van der Waals surface area contributed by atoms with E-state index in [9.17, 15) is 8.42 Å². The molecule has 1 heterocycles. The normalized spacial score (nSPS) is 11.6. The van der Waals surface area contributed by atoms with Crippen LogP contribution in [-0.4, -0.2) is 18.4 Å². The molecule has 13 heavy (non-hydrogen) atoms. The molecule has 5 nitrogen and oxygen atoms in total. The first kappa shape index (κ1) is 10.1. The van der Waals surface area contributed by atoms with Gasteiger partial charge in [0.1, 0.15) is 5.82 Å². The van der Waals surface area contributed by atoms with Gasteiger partial charge < -0.3 is 0 Å². The van der Waals surface area contributed by atoms with Gasteiger partial charge in [-0.15, -0.1) is 0 Å². The molecule has 0 aliphatic carbocycles. The Morgan fingerprint density at radius 1 is 1.46 bits per heavy atom. The van der Waals surface area contributed by atoms with Gasteiger partial charge in [0.05, 0.1) is 0 Å². The maximum Gasteiger partial charge on any atom is 0.255 e. The predicted molar refractivity (Wildman–Crippen MR) is 47.5 cm³/mol. The summed E-state index contributed by atoms with van der Waals surface area (Å²) < 4.78 is 21.9. The quantitative estimate of drug-likeness (QED) is 0.682. The summed E-state index contributed by atoms with van der Waals surface area (Å²) in [6.07, 6.45) is 0.659. The molecule has 0 aliphatic rings. The van der Waals surface area contributed by atoms with Gasteiger partial charge in [0.15, 0.2) is 5.03 Å². The lowest BCUT2D eigenvalue weighted by Crippen LogP contribution is -2.15. The molecule has 0 fully saturated rings.